The van der Waals surface area contributed by atoms with Gasteiger partial charge in [0.25, 0.3) is 5.91 Å². The van der Waals surface area contributed by atoms with Crippen molar-refractivity contribution in [2.24, 2.45) is 0 Å². The summed E-state index contributed by atoms with van der Waals surface area (Å²) in [5.74, 6) is 0.987. The van der Waals surface area contributed by atoms with Crippen molar-refractivity contribution in [3.05, 3.63) is 52.0 Å². The highest BCUT2D eigenvalue weighted by Crippen LogP contribution is 2.36. The molecule has 2 aromatic rings. The Bertz CT molecular complexity index is 745. The minimum Gasteiger partial charge on any atom is -0.493 e. The van der Waals surface area contributed by atoms with Gasteiger partial charge in [0, 0.05) is 31.9 Å². The lowest BCUT2D eigenvalue weighted by Gasteiger charge is -2.14. The maximum atomic E-state index is 12.5. The SMILES string of the molecule is CCCOc1c(Br)cc(C(=O)NCc2ccc(N(C)C)cc2)cc1OC. The summed E-state index contributed by atoms with van der Waals surface area (Å²) in [7, 11) is 5.56. The van der Waals surface area contributed by atoms with Gasteiger partial charge in [0.2, 0.25) is 0 Å². The zero-order valence-electron chi connectivity index (χ0n) is 15.6. The monoisotopic (exact) mass is 420 g/mol. The second kappa shape index (κ2) is 9.48. The lowest BCUT2D eigenvalue weighted by atomic mass is 10.1. The zero-order chi connectivity index (χ0) is 19.1. The molecule has 26 heavy (non-hydrogen) atoms. The molecule has 0 fully saturated rings. The predicted molar refractivity (Wildman–Crippen MR) is 108 cm³/mol. The Balaban J connectivity index is 2.08. The molecule has 0 aliphatic carbocycles. The van der Waals surface area contributed by atoms with E-state index in [1.807, 2.05) is 50.2 Å². The lowest BCUT2D eigenvalue weighted by molar-refractivity contribution is 0.0950. The van der Waals surface area contributed by atoms with E-state index in [0.717, 1.165) is 17.7 Å². The predicted octanol–water partition coefficient (Wildman–Crippen LogP) is 4.24. The minimum atomic E-state index is -0.164. The number of halogens is 1. The molecule has 1 amide bonds. The van der Waals surface area contributed by atoms with Crippen molar-refractivity contribution in [1.82, 2.24) is 5.32 Å². The number of rotatable bonds is 8. The van der Waals surface area contributed by atoms with Gasteiger partial charge < -0.3 is 19.7 Å². The van der Waals surface area contributed by atoms with E-state index >= 15 is 0 Å². The molecule has 2 aromatic carbocycles. The number of amides is 1. The minimum absolute atomic E-state index is 0.164. The second-order valence-corrected chi connectivity index (χ2v) is 6.94. The maximum Gasteiger partial charge on any atom is 0.251 e. The third kappa shape index (κ3) is 5.14. The Kier molecular flexibility index (Phi) is 7.33. The van der Waals surface area contributed by atoms with Crippen molar-refractivity contribution in [1.29, 1.82) is 0 Å². The van der Waals surface area contributed by atoms with Crippen molar-refractivity contribution in [3.8, 4) is 11.5 Å². The van der Waals surface area contributed by atoms with Gasteiger partial charge in [0.05, 0.1) is 18.2 Å². The first-order valence-corrected chi connectivity index (χ1v) is 9.30. The smallest absolute Gasteiger partial charge is 0.251 e. The van der Waals surface area contributed by atoms with Crippen LogP contribution in [0.5, 0.6) is 11.5 Å². The van der Waals surface area contributed by atoms with Gasteiger partial charge in [-0.25, -0.2) is 0 Å². The molecule has 0 radical (unpaired) electrons. The van der Waals surface area contributed by atoms with Crippen LogP contribution in [-0.4, -0.2) is 33.7 Å². The average molecular weight is 421 g/mol. The second-order valence-electron chi connectivity index (χ2n) is 6.08. The summed E-state index contributed by atoms with van der Waals surface area (Å²) >= 11 is 3.47. The summed E-state index contributed by atoms with van der Waals surface area (Å²) in [4.78, 5) is 14.5. The molecule has 0 bridgehead atoms. The number of benzene rings is 2. The highest BCUT2D eigenvalue weighted by atomic mass is 79.9. The van der Waals surface area contributed by atoms with Gasteiger partial charge >= 0.3 is 0 Å². The number of hydrogen-bond acceptors (Lipinski definition) is 4. The molecular formula is C20H25BrN2O3. The maximum absolute atomic E-state index is 12.5. The van der Waals surface area contributed by atoms with Crippen LogP contribution in [0.15, 0.2) is 40.9 Å². The first-order valence-electron chi connectivity index (χ1n) is 8.51. The number of carbonyl (C=O) groups excluding carboxylic acids is 1. The van der Waals surface area contributed by atoms with Gasteiger partial charge in [-0.05, 0) is 52.2 Å². The lowest BCUT2D eigenvalue weighted by Crippen LogP contribution is -2.23. The van der Waals surface area contributed by atoms with Gasteiger partial charge in [-0.2, -0.15) is 0 Å². The molecule has 0 spiro atoms. The summed E-state index contributed by atoms with van der Waals surface area (Å²) in [6.45, 7) is 3.08. The Morgan fingerprint density at radius 2 is 1.88 bits per heavy atom. The first-order chi connectivity index (χ1) is 12.5. The molecule has 5 nitrogen and oxygen atoms in total. The van der Waals surface area contributed by atoms with E-state index in [4.69, 9.17) is 9.47 Å². The van der Waals surface area contributed by atoms with Crippen molar-refractivity contribution in [2.75, 3.05) is 32.7 Å². The van der Waals surface area contributed by atoms with Gasteiger partial charge in [-0.15, -0.1) is 0 Å². The van der Waals surface area contributed by atoms with Crippen LogP contribution < -0.4 is 19.7 Å². The Morgan fingerprint density at radius 1 is 1.19 bits per heavy atom. The van der Waals surface area contributed by atoms with Crippen LogP contribution in [-0.2, 0) is 6.54 Å². The Labute approximate surface area is 163 Å². The number of carbonyl (C=O) groups is 1. The van der Waals surface area contributed by atoms with Crippen molar-refractivity contribution in [3.63, 3.8) is 0 Å². The van der Waals surface area contributed by atoms with E-state index in [-0.39, 0.29) is 5.91 Å². The molecule has 0 aliphatic heterocycles. The summed E-state index contributed by atoms with van der Waals surface area (Å²) in [6.07, 6.45) is 0.893. The standard InChI is InChI=1S/C20H25BrN2O3/c1-5-10-26-19-17(21)11-15(12-18(19)25-4)20(24)22-13-14-6-8-16(9-7-14)23(2)3/h6-9,11-12H,5,10,13H2,1-4H3,(H,22,24). The fourth-order valence-electron chi connectivity index (χ4n) is 2.39. The molecule has 2 rings (SSSR count). The van der Waals surface area contributed by atoms with Crippen LogP contribution in [0.25, 0.3) is 0 Å². The van der Waals surface area contributed by atoms with Crippen LogP contribution in [0.2, 0.25) is 0 Å². The highest BCUT2D eigenvalue weighted by Gasteiger charge is 2.15. The Morgan fingerprint density at radius 3 is 2.46 bits per heavy atom. The van der Waals surface area contributed by atoms with Crippen LogP contribution in [0, 0.1) is 0 Å². The zero-order valence-corrected chi connectivity index (χ0v) is 17.2. The molecule has 0 unspecified atom stereocenters. The highest BCUT2D eigenvalue weighted by molar-refractivity contribution is 9.10. The number of hydrogen-bond donors (Lipinski definition) is 1. The van der Waals surface area contributed by atoms with Crippen molar-refractivity contribution < 1.29 is 14.3 Å². The third-order valence-electron chi connectivity index (χ3n) is 3.85. The third-order valence-corrected chi connectivity index (χ3v) is 4.44. The average Bonchev–Trinajstić information content (AvgIpc) is 2.64. The van der Waals surface area contributed by atoms with Crippen molar-refractivity contribution >= 4 is 27.5 Å². The van der Waals surface area contributed by atoms with E-state index in [1.165, 1.54) is 0 Å². The Hall–Kier alpha value is -2.21. The summed E-state index contributed by atoms with van der Waals surface area (Å²) in [5.41, 5.74) is 2.68. The summed E-state index contributed by atoms with van der Waals surface area (Å²) < 4.78 is 11.8. The van der Waals surface area contributed by atoms with E-state index in [0.29, 0.717) is 34.7 Å². The molecule has 0 atom stereocenters. The quantitative estimate of drug-likeness (QED) is 0.693. The molecule has 140 valence electrons. The summed E-state index contributed by atoms with van der Waals surface area (Å²) in [5, 5.41) is 2.94. The van der Waals surface area contributed by atoms with E-state index in [2.05, 4.69) is 21.2 Å². The molecular weight excluding hydrogens is 396 g/mol. The molecule has 0 saturated heterocycles. The molecule has 0 aliphatic rings. The van der Waals surface area contributed by atoms with Crippen LogP contribution in [0.1, 0.15) is 29.3 Å². The van der Waals surface area contributed by atoms with E-state index in [1.54, 1.807) is 19.2 Å². The molecule has 6 heteroatoms. The van der Waals surface area contributed by atoms with E-state index in [9.17, 15) is 4.79 Å². The molecule has 0 aromatic heterocycles. The molecule has 1 N–H and O–H groups in total. The van der Waals surface area contributed by atoms with Gasteiger partial charge in [-0.3, -0.25) is 4.79 Å². The molecule has 0 heterocycles. The number of anilines is 1. The normalized spacial score (nSPS) is 10.3. The van der Waals surface area contributed by atoms with E-state index < -0.39 is 0 Å². The largest absolute Gasteiger partial charge is 0.493 e. The van der Waals surface area contributed by atoms with Gasteiger partial charge in [0.1, 0.15) is 0 Å². The van der Waals surface area contributed by atoms with Gasteiger partial charge in [-0.1, -0.05) is 19.1 Å². The van der Waals surface area contributed by atoms with Crippen LogP contribution in [0.3, 0.4) is 0 Å². The summed E-state index contributed by atoms with van der Waals surface area (Å²) in [6, 6.07) is 11.5. The number of ether oxygens (including phenoxy) is 2. The number of methoxy groups -OCH3 is 1. The van der Waals surface area contributed by atoms with Gasteiger partial charge in [0.15, 0.2) is 11.5 Å². The fraction of sp³-hybridized carbons (Fsp3) is 0.350. The topological polar surface area (TPSA) is 50.8 Å². The molecule has 0 saturated carbocycles. The number of nitrogens with one attached hydrogen (secondary N) is 1. The van der Waals surface area contributed by atoms with Crippen LogP contribution >= 0.6 is 15.9 Å². The van der Waals surface area contributed by atoms with Crippen molar-refractivity contribution in [2.45, 2.75) is 19.9 Å². The first kappa shape index (κ1) is 20.1. The number of nitrogens with zero attached hydrogens (tertiary/aromatic N) is 1. The fourth-order valence-corrected chi connectivity index (χ4v) is 2.95. The van der Waals surface area contributed by atoms with Crippen LogP contribution in [0.4, 0.5) is 5.69 Å².